The average molecular weight is 760 g/mol. The Morgan fingerprint density at radius 3 is 2.19 bits per heavy atom. The lowest BCUT2D eigenvalue weighted by Crippen LogP contribution is -2.30. The summed E-state index contributed by atoms with van der Waals surface area (Å²) in [5, 5.41) is 2.72. The van der Waals surface area contributed by atoms with Crippen LogP contribution >= 0.6 is 22.7 Å². The predicted octanol–water partition coefficient (Wildman–Crippen LogP) is 9.50. The van der Waals surface area contributed by atoms with Gasteiger partial charge < -0.3 is 23.7 Å². The standard InChI is InChI=1S/C41H45NO9S2/c1-2-35(43)48-25-9-4-3-8-24-47-29-18-20-31(21-19-29)49-39(44)28-14-16-30(17-15-28)50-41(46)32-22-23-33(51-40(45)27-11-6-5-7-12-27)37-36(32)42-38(53-37)34-13-10-26-52-34/h2,10,13,18-23,26-28,30H,1,3-9,11-12,14-17,24-25H2/t28-,30-. The zero-order valence-corrected chi connectivity index (χ0v) is 31.4. The molecule has 2 aromatic carbocycles. The lowest BCUT2D eigenvalue weighted by Gasteiger charge is -2.27. The first-order chi connectivity index (χ1) is 25.9. The third-order valence-corrected chi connectivity index (χ3v) is 11.8. The summed E-state index contributed by atoms with van der Waals surface area (Å²) in [6.07, 6.45) is 11.4. The molecule has 4 aromatic rings. The molecule has 0 aliphatic heterocycles. The van der Waals surface area contributed by atoms with Gasteiger partial charge in [-0.3, -0.25) is 9.59 Å². The van der Waals surface area contributed by atoms with E-state index in [-0.39, 0.29) is 29.9 Å². The number of aromatic nitrogens is 1. The first kappa shape index (κ1) is 38.2. The summed E-state index contributed by atoms with van der Waals surface area (Å²) < 4.78 is 29.0. The largest absolute Gasteiger partial charge is 0.494 e. The smallest absolute Gasteiger partial charge is 0.340 e. The number of unbranched alkanes of at least 4 members (excludes halogenated alkanes) is 3. The van der Waals surface area contributed by atoms with Crippen molar-refractivity contribution in [3.63, 3.8) is 0 Å². The Balaban J connectivity index is 0.972. The lowest BCUT2D eigenvalue weighted by molar-refractivity contribution is -0.141. The Bertz CT molecular complexity index is 1850. The van der Waals surface area contributed by atoms with E-state index in [4.69, 9.17) is 28.7 Å². The minimum absolute atomic E-state index is 0.109. The number of benzene rings is 2. The summed E-state index contributed by atoms with van der Waals surface area (Å²) >= 11 is 2.96. The van der Waals surface area contributed by atoms with Crippen LogP contribution in [0.25, 0.3) is 20.1 Å². The molecule has 10 nitrogen and oxygen atoms in total. The van der Waals surface area contributed by atoms with E-state index < -0.39 is 11.9 Å². The maximum Gasteiger partial charge on any atom is 0.340 e. The number of thiazole rings is 1. The Labute approximate surface area is 317 Å². The Morgan fingerprint density at radius 1 is 0.774 bits per heavy atom. The maximum absolute atomic E-state index is 13.6. The number of hydrogen-bond donors (Lipinski definition) is 0. The van der Waals surface area contributed by atoms with Crippen molar-refractivity contribution in [3.05, 3.63) is 72.1 Å². The summed E-state index contributed by atoms with van der Waals surface area (Å²) in [6, 6.07) is 14.2. The Kier molecular flexibility index (Phi) is 13.7. The van der Waals surface area contributed by atoms with E-state index in [9.17, 15) is 19.2 Å². The zero-order valence-electron chi connectivity index (χ0n) is 29.8. The van der Waals surface area contributed by atoms with Crippen LogP contribution in [0.2, 0.25) is 0 Å². The van der Waals surface area contributed by atoms with E-state index in [1.165, 1.54) is 11.3 Å². The van der Waals surface area contributed by atoms with Gasteiger partial charge in [-0.25, -0.2) is 14.6 Å². The van der Waals surface area contributed by atoms with Crippen LogP contribution in [0.3, 0.4) is 0 Å². The van der Waals surface area contributed by atoms with Gasteiger partial charge in [-0.2, -0.15) is 0 Å². The van der Waals surface area contributed by atoms with Crippen molar-refractivity contribution >= 4 is 56.8 Å². The average Bonchev–Trinajstić information content (AvgIpc) is 3.89. The second-order valence-electron chi connectivity index (χ2n) is 13.4. The molecular formula is C41H45NO9S2. The number of nitrogens with zero attached hydrogens (tertiary/aromatic N) is 1. The molecule has 2 saturated carbocycles. The van der Waals surface area contributed by atoms with Crippen LogP contribution in [0.15, 0.2) is 66.6 Å². The van der Waals surface area contributed by atoms with Crippen LogP contribution in [0.4, 0.5) is 0 Å². The van der Waals surface area contributed by atoms with Crippen molar-refractivity contribution < 1.29 is 42.9 Å². The molecule has 0 unspecified atom stereocenters. The normalized spacial score (nSPS) is 17.5. The van der Waals surface area contributed by atoms with E-state index in [2.05, 4.69) is 6.58 Å². The maximum atomic E-state index is 13.6. The van der Waals surface area contributed by atoms with E-state index in [1.807, 2.05) is 17.5 Å². The first-order valence-corrected chi connectivity index (χ1v) is 20.2. The number of ether oxygens (including phenoxy) is 5. The molecule has 0 saturated heterocycles. The van der Waals surface area contributed by atoms with E-state index in [1.54, 1.807) is 47.7 Å². The number of carbonyl (C=O) groups is 4. The third-order valence-electron chi connectivity index (χ3n) is 9.65. The van der Waals surface area contributed by atoms with Crippen molar-refractivity contribution in [3.8, 4) is 27.1 Å². The number of thiophene rings is 1. The quantitative estimate of drug-likeness (QED) is 0.0472. The van der Waals surface area contributed by atoms with Gasteiger partial charge >= 0.3 is 23.9 Å². The fraction of sp³-hybridized carbons (Fsp3) is 0.439. The van der Waals surface area contributed by atoms with Gasteiger partial charge in [-0.05, 0) is 112 Å². The van der Waals surface area contributed by atoms with E-state index in [0.717, 1.165) is 73.7 Å². The van der Waals surface area contributed by atoms with E-state index in [0.29, 0.717) is 71.9 Å². The molecule has 0 bridgehead atoms. The van der Waals surface area contributed by atoms with Crippen LogP contribution in [-0.2, 0) is 23.9 Å². The van der Waals surface area contributed by atoms with Crippen LogP contribution < -0.4 is 14.2 Å². The fourth-order valence-electron chi connectivity index (χ4n) is 6.68. The summed E-state index contributed by atoms with van der Waals surface area (Å²) in [5.74, 6) is -0.246. The highest BCUT2D eigenvalue weighted by molar-refractivity contribution is 7.25. The number of esters is 4. The van der Waals surface area contributed by atoms with Crippen molar-refractivity contribution in [1.29, 1.82) is 0 Å². The number of fused-ring (bicyclic) bond motifs is 1. The Hall–Kier alpha value is -4.55. The summed E-state index contributed by atoms with van der Waals surface area (Å²) in [4.78, 5) is 56.4. The van der Waals surface area contributed by atoms with Gasteiger partial charge in [0.25, 0.3) is 0 Å². The first-order valence-electron chi connectivity index (χ1n) is 18.5. The van der Waals surface area contributed by atoms with E-state index >= 15 is 0 Å². The molecule has 0 radical (unpaired) electrons. The highest BCUT2D eigenvalue weighted by Gasteiger charge is 2.31. The predicted molar refractivity (Wildman–Crippen MR) is 204 cm³/mol. The molecule has 2 fully saturated rings. The summed E-state index contributed by atoms with van der Waals surface area (Å²) in [5.41, 5.74) is 0.793. The zero-order chi connectivity index (χ0) is 37.0. The number of rotatable bonds is 16. The van der Waals surface area contributed by atoms with Gasteiger partial charge in [0.05, 0.1) is 40.2 Å². The highest BCUT2D eigenvalue weighted by Crippen LogP contribution is 2.40. The molecule has 2 aliphatic rings. The van der Waals surface area contributed by atoms with Crippen LogP contribution in [0, 0.1) is 11.8 Å². The molecule has 6 rings (SSSR count). The van der Waals surface area contributed by atoms with Gasteiger partial charge in [0.15, 0.2) is 0 Å². The Morgan fingerprint density at radius 2 is 1.47 bits per heavy atom. The van der Waals surface area contributed by atoms with Crippen LogP contribution in [0.1, 0.15) is 93.8 Å². The molecule has 0 atom stereocenters. The molecular weight excluding hydrogens is 715 g/mol. The molecule has 12 heteroatoms. The van der Waals surface area contributed by atoms with Crippen LogP contribution in [0.5, 0.6) is 17.2 Å². The minimum atomic E-state index is -0.483. The minimum Gasteiger partial charge on any atom is -0.494 e. The molecule has 0 N–H and O–H groups in total. The van der Waals surface area contributed by atoms with Gasteiger partial charge in [-0.1, -0.05) is 31.9 Å². The van der Waals surface area contributed by atoms with Crippen molar-refractivity contribution in [2.24, 2.45) is 11.8 Å². The monoisotopic (exact) mass is 759 g/mol. The van der Waals surface area contributed by atoms with Gasteiger partial charge in [0.1, 0.15) is 33.9 Å². The fourth-order valence-corrected chi connectivity index (χ4v) is 8.52. The SMILES string of the molecule is C=CC(=O)OCCCCCCOc1ccc(OC(=O)[C@H]2CC[C@H](OC(=O)c3ccc(OC(=O)C4CCCCC4)c4sc(-c5cccs5)nc34)CC2)cc1. The van der Waals surface area contributed by atoms with Crippen molar-refractivity contribution in [1.82, 2.24) is 4.98 Å². The van der Waals surface area contributed by atoms with Crippen molar-refractivity contribution in [2.45, 2.75) is 89.6 Å². The summed E-state index contributed by atoms with van der Waals surface area (Å²) in [6.45, 7) is 4.33. The highest BCUT2D eigenvalue weighted by atomic mass is 32.1. The van der Waals surface area contributed by atoms with Crippen molar-refractivity contribution in [2.75, 3.05) is 13.2 Å². The molecule has 2 aromatic heterocycles. The van der Waals surface area contributed by atoms with Gasteiger partial charge in [0.2, 0.25) is 0 Å². The van der Waals surface area contributed by atoms with Gasteiger partial charge in [-0.15, -0.1) is 22.7 Å². The molecule has 53 heavy (non-hydrogen) atoms. The number of carbonyl (C=O) groups excluding carboxylic acids is 4. The molecule has 0 amide bonds. The van der Waals surface area contributed by atoms with Crippen LogP contribution in [-0.4, -0.2) is 48.2 Å². The molecule has 280 valence electrons. The second kappa shape index (κ2) is 19.0. The molecule has 0 spiro atoms. The number of hydrogen-bond acceptors (Lipinski definition) is 12. The second-order valence-corrected chi connectivity index (χ2v) is 15.4. The lowest BCUT2D eigenvalue weighted by atomic mass is 9.87. The summed E-state index contributed by atoms with van der Waals surface area (Å²) in [7, 11) is 0. The third kappa shape index (κ3) is 10.5. The topological polar surface area (TPSA) is 127 Å². The molecule has 2 heterocycles. The van der Waals surface area contributed by atoms with Gasteiger partial charge in [0, 0.05) is 6.08 Å². The molecule has 2 aliphatic carbocycles.